The van der Waals surface area contributed by atoms with E-state index in [0.717, 1.165) is 12.8 Å². The first kappa shape index (κ1) is 18.4. The fourth-order valence-electron chi connectivity index (χ4n) is 1.56. The van der Waals surface area contributed by atoms with Crippen molar-refractivity contribution in [2.75, 3.05) is 19.8 Å². The Balaban J connectivity index is 4.76. The van der Waals surface area contributed by atoms with Crippen molar-refractivity contribution < 1.29 is 24.2 Å². The minimum absolute atomic E-state index is 0.168. The zero-order chi connectivity index (χ0) is 15.4. The van der Waals surface area contributed by atoms with Crippen LogP contribution in [0.4, 0.5) is 4.79 Å². The maximum Gasteiger partial charge on any atom is 0.408 e. The van der Waals surface area contributed by atoms with Crippen LogP contribution in [-0.4, -0.2) is 42.5 Å². The van der Waals surface area contributed by atoms with Crippen LogP contribution in [0.15, 0.2) is 12.7 Å². The van der Waals surface area contributed by atoms with Crippen molar-refractivity contribution in [2.24, 2.45) is 0 Å². The number of nitrogens with one attached hydrogen (secondary N) is 1. The number of hydrogen-bond donors (Lipinski definition) is 2. The highest BCUT2D eigenvalue weighted by Crippen LogP contribution is 2.16. The third kappa shape index (κ3) is 6.06. The summed E-state index contributed by atoms with van der Waals surface area (Å²) in [6, 6.07) is 0. The van der Waals surface area contributed by atoms with Crippen LogP contribution in [0.5, 0.6) is 0 Å². The Kier molecular flexibility index (Phi) is 9.45. The molecule has 0 radical (unpaired) electrons. The molecule has 0 bridgehead atoms. The first-order chi connectivity index (χ1) is 9.56. The summed E-state index contributed by atoms with van der Waals surface area (Å²) in [7, 11) is 0. The summed E-state index contributed by atoms with van der Waals surface area (Å²) in [5, 5.41) is 11.9. The van der Waals surface area contributed by atoms with E-state index in [2.05, 4.69) is 11.9 Å². The molecule has 0 aliphatic carbocycles. The lowest BCUT2D eigenvalue weighted by Gasteiger charge is -2.29. The van der Waals surface area contributed by atoms with Gasteiger partial charge in [-0.25, -0.2) is 9.59 Å². The van der Waals surface area contributed by atoms with Crippen LogP contribution in [-0.2, 0) is 14.3 Å². The van der Waals surface area contributed by atoms with E-state index >= 15 is 0 Å². The molecule has 0 aromatic rings. The number of ether oxygens (including phenoxy) is 2. The number of carbonyl (C=O) groups is 2. The van der Waals surface area contributed by atoms with Crippen molar-refractivity contribution in [3.8, 4) is 0 Å². The zero-order valence-electron chi connectivity index (χ0n) is 12.3. The molecular weight excluding hydrogens is 262 g/mol. The Hall–Kier alpha value is -1.56. The number of alkyl carbamates (subject to hydrolysis) is 1. The Morgan fingerprint density at radius 3 is 2.55 bits per heavy atom. The van der Waals surface area contributed by atoms with Crippen molar-refractivity contribution >= 4 is 12.1 Å². The third-order valence-corrected chi connectivity index (χ3v) is 2.78. The molecule has 0 aliphatic rings. The van der Waals surface area contributed by atoms with E-state index in [-0.39, 0.29) is 19.6 Å². The highest BCUT2D eigenvalue weighted by Gasteiger charge is 2.40. The van der Waals surface area contributed by atoms with Crippen LogP contribution >= 0.6 is 0 Å². The van der Waals surface area contributed by atoms with Gasteiger partial charge in [0.2, 0.25) is 0 Å². The zero-order valence-corrected chi connectivity index (χ0v) is 12.3. The van der Waals surface area contributed by atoms with Crippen molar-refractivity contribution in [3.63, 3.8) is 0 Å². The van der Waals surface area contributed by atoms with Gasteiger partial charge in [0, 0.05) is 0 Å². The second-order valence-electron chi connectivity index (χ2n) is 4.40. The van der Waals surface area contributed by atoms with Crippen molar-refractivity contribution in [1.82, 2.24) is 5.32 Å². The van der Waals surface area contributed by atoms with Gasteiger partial charge >= 0.3 is 12.1 Å². The molecule has 1 amide bonds. The summed E-state index contributed by atoms with van der Waals surface area (Å²) in [6.07, 6.45) is 3.17. The Morgan fingerprint density at radius 1 is 1.35 bits per heavy atom. The second kappa shape index (κ2) is 10.3. The molecule has 1 unspecified atom stereocenters. The van der Waals surface area contributed by atoms with Gasteiger partial charge in [-0.15, -0.1) is 6.58 Å². The lowest BCUT2D eigenvalue weighted by molar-refractivity contribution is -0.153. The van der Waals surface area contributed by atoms with Gasteiger partial charge in [0.25, 0.3) is 0 Å². The Morgan fingerprint density at radius 2 is 2.05 bits per heavy atom. The minimum Gasteiger partial charge on any atom is -0.464 e. The largest absolute Gasteiger partial charge is 0.464 e. The first-order valence-electron chi connectivity index (χ1n) is 6.90. The molecule has 0 aliphatic heterocycles. The highest BCUT2D eigenvalue weighted by molar-refractivity contribution is 5.86. The molecular formula is C14H25NO5. The van der Waals surface area contributed by atoms with Gasteiger partial charge in [0.15, 0.2) is 5.54 Å². The summed E-state index contributed by atoms with van der Waals surface area (Å²) in [6.45, 7) is 7.09. The van der Waals surface area contributed by atoms with Crippen molar-refractivity contribution in [2.45, 2.75) is 45.1 Å². The quantitative estimate of drug-likeness (QED) is 0.363. The molecule has 0 saturated heterocycles. The molecule has 0 aromatic heterocycles. The topological polar surface area (TPSA) is 84.9 Å². The highest BCUT2D eigenvalue weighted by atomic mass is 16.6. The van der Waals surface area contributed by atoms with E-state index in [9.17, 15) is 14.7 Å². The van der Waals surface area contributed by atoms with Gasteiger partial charge in [-0.2, -0.15) is 0 Å². The molecule has 0 fully saturated rings. The van der Waals surface area contributed by atoms with Crippen LogP contribution < -0.4 is 5.32 Å². The van der Waals surface area contributed by atoms with Gasteiger partial charge in [-0.05, 0) is 26.2 Å². The fourth-order valence-corrected chi connectivity index (χ4v) is 1.56. The van der Waals surface area contributed by atoms with Gasteiger partial charge in [0.1, 0.15) is 0 Å². The van der Waals surface area contributed by atoms with Crippen LogP contribution in [0.2, 0.25) is 0 Å². The lowest BCUT2D eigenvalue weighted by atomic mass is 9.94. The van der Waals surface area contributed by atoms with Crippen LogP contribution in [0.1, 0.15) is 39.5 Å². The van der Waals surface area contributed by atoms with E-state index in [0.29, 0.717) is 6.42 Å². The maximum absolute atomic E-state index is 12.0. The number of hydrogen-bond acceptors (Lipinski definition) is 5. The molecule has 0 heterocycles. The maximum atomic E-state index is 12.0. The summed E-state index contributed by atoms with van der Waals surface area (Å²) in [5.74, 6) is -0.670. The lowest BCUT2D eigenvalue weighted by Crippen LogP contribution is -2.58. The van der Waals surface area contributed by atoms with E-state index in [4.69, 9.17) is 9.47 Å². The predicted octanol–water partition coefficient (Wildman–Crippen LogP) is 1.77. The van der Waals surface area contributed by atoms with Crippen LogP contribution in [0, 0.1) is 0 Å². The molecule has 0 saturated carbocycles. The molecule has 0 spiro atoms. The third-order valence-electron chi connectivity index (χ3n) is 2.78. The van der Waals surface area contributed by atoms with E-state index in [1.807, 2.05) is 6.92 Å². The number of aliphatic hydroxyl groups is 1. The van der Waals surface area contributed by atoms with E-state index < -0.39 is 24.2 Å². The summed E-state index contributed by atoms with van der Waals surface area (Å²) < 4.78 is 9.87. The van der Waals surface area contributed by atoms with Gasteiger partial charge in [-0.3, -0.25) is 0 Å². The summed E-state index contributed by atoms with van der Waals surface area (Å²) in [5.41, 5.74) is -1.48. The SMILES string of the molecule is C=CCCC(CO)(NC(=O)OCCCC)C(=O)OCC. The number of carbonyl (C=O) groups excluding carboxylic acids is 2. The first-order valence-corrected chi connectivity index (χ1v) is 6.90. The van der Waals surface area contributed by atoms with Gasteiger partial charge < -0.3 is 19.9 Å². The molecule has 6 heteroatoms. The monoisotopic (exact) mass is 287 g/mol. The normalized spacial score (nSPS) is 13.2. The number of esters is 1. The minimum atomic E-state index is -1.48. The number of allylic oxidation sites excluding steroid dienone is 1. The molecule has 20 heavy (non-hydrogen) atoms. The fraction of sp³-hybridized carbons (Fsp3) is 0.714. The second-order valence-corrected chi connectivity index (χ2v) is 4.40. The van der Waals surface area contributed by atoms with Crippen molar-refractivity contribution in [3.05, 3.63) is 12.7 Å². The molecule has 1 atom stereocenters. The van der Waals surface area contributed by atoms with Crippen molar-refractivity contribution in [1.29, 1.82) is 0 Å². The number of rotatable bonds is 10. The molecule has 2 N–H and O–H groups in total. The van der Waals surface area contributed by atoms with Gasteiger partial charge in [-0.1, -0.05) is 19.4 Å². The Bertz CT molecular complexity index is 319. The molecule has 0 rings (SSSR count). The Labute approximate surface area is 120 Å². The number of unbranched alkanes of at least 4 members (excludes halogenated alkanes) is 1. The van der Waals surface area contributed by atoms with E-state index in [1.165, 1.54) is 0 Å². The summed E-state index contributed by atoms with van der Waals surface area (Å²) in [4.78, 5) is 23.7. The molecule has 6 nitrogen and oxygen atoms in total. The average Bonchev–Trinajstić information content (AvgIpc) is 2.44. The van der Waals surface area contributed by atoms with Gasteiger partial charge in [0.05, 0.1) is 19.8 Å². The smallest absolute Gasteiger partial charge is 0.408 e. The molecule has 0 aromatic carbocycles. The van der Waals surface area contributed by atoms with E-state index in [1.54, 1.807) is 13.0 Å². The number of amides is 1. The predicted molar refractivity (Wildman–Crippen MR) is 75.3 cm³/mol. The average molecular weight is 287 g/mol. The molecule has 116 valence electrons. The van der Waals surface area contributed by atoms with Crippen LogP contribution in [0.25, 0.3) is 0 Å². The number of aliphatic hydroxyl groups excluding tert-OH is 1. The summed E-state index contributed by atoms with van der Waals surface area (Å²) >= 11 is 0. The van der Waals surface area contributed by atoms with Crippen LogP contribution in [0.3, 0.4) is 0 Å². The standard InChI is InChI=1S/C14H25NO5/c1-4-7-9-14(11-16,12(17)19-6-3)15-13(18)20-10-8-5-2/h4,16H,1,5-11H2,2-3H3,(H,15,18).